The maximum atomic E-state index is 12.8. The molecule has 0 amide bonds. The van der Waals surface area contributed by atoms with Gasteiger partial charge < -0.3 is 18.6 Å². The topological polar surface area (TPSA) is 97.1 Å². The van der Waals surface area contributed by atoms with Gasteiger partial charge in [0.1, 0.15) is 6.10 Å². The van der Waals surface area contributed by atoms with Crippen molar-refractivity contribution in [2.45, 2.75) is 108 Å². The van der Waals surface area contributed by atoms with Crippen LogP contribution in [-0.2, 0) is 18.6 Å². The Morgan fingerprint density at radius 2 is 1.72 bits per heavy atom. The molecule has 0 bridgehead atoms. The van der Waals surface area contributed by atoms with Crippen LogP contribution in [-0.4, -0.2) is 55.8 Å². The Labute approximate surface area is 228 Å². The minimum absolute atomic E-state index is 0.0159. The lowest BCUT2D eigenvalue weighted by molar-refractivity contribution is -0.384. The van der Waals surface area contributed by atoms with Crippen molar-refractivity contribution in [2.24, 2.45) is 0 Å². The number of non-ortho nitro benzene ring substituents is 1. The van der Waals surface area contributed by atoms with E-state index in [0.29, 0.717) is 12.8 Å². The van der Waals surface area contributed by atoms with Gasteiger partial charge in [-0.3, -0.25) is 10.1 Å². The Balaban J connectivity index is 1.69. The highest BCUT2D eigenvalue weighted by atomic mass is 127. The first-order chi connectivity index (χ1) is 16.9. The van der Waals surface area contributed by atoms with Crippen LogP contribution in [0, 0.1) is 10.1 Å². The Morgan fingerprint density at radius 1 is 1.14 bits per heavy atom. The molecule has 2 saturated heterocycles. The third kappa shape index (κ3) is 6.94. The maximum absolute atomic E-state index is 12.8. The highest BCUT2D eigenvalue weighted by molar-refractivity contribution is 14.1. The predicted molar refractivity (Wildman–Crippen MR) is 149 cm³/mol. The molecule has 0 N–H and O–H groups in total. The van der Waals surface area contributed by atoms with Gasteiger partial charge in [0.25, 0.3) is 5.69 Å². The number of nitro benzene ring substituents is 1. The zero-order valence-corrected chi connectivity index (χ0v) is 25.1. The van der Waals surface area contributed by atoms with E-state index in [2.05, 4.69) is 63.4 Å². The van der Waals surface area contributed by atoms with Crippen LogP contribution in [0.15, 0.2) is 34.4 Å². The molecule has 0 unspecified atom stereocenters. The van der Waals surface area contributed by atoms with E-state index in [-0.39, 0.29) is 46.8 Å². The third-order valence-corrected chi connectivity index (χ3v) is 12.6. The second kappa shape index (κ2) is 12.0. The molecule has 1 aromatic carbocycles. The number of nitro groups is 1. The Hall–Kier alpha value is -1.34. The molecule has 0 aliphatic carbocycles. The Kier molecular flexibility index (Phi) is 9.75. The summed E-state index contributed by atoms with van der Waals surface area (Å²) in [7, 11) is -1.95. The van der Waals surface area contributed by atoms with E-state index in [1.807, 2.05) is 10.2 Å². The molecule has 2 aliphatic rings. The quantitative estimate of drug-likeness (QED) is 0.1000. The summed E-state index contributed by atoms with van der Waals surface area (Å²) in [6, 6.07) is 5.45. The fraction of sp³-hybridized carbons (Fsp3) is 0.654. The van der Waals surface area contributed by atoms with Gasteiger partial charge in [-0.25, -0.2) is 4.79 Å². The van der Waals surface area contributed by atoms with Gasteiger partial charge in [-0.05, 0) is 47.2 Å². The summed E-state index contributed by atoms with van der Waals surface area (Å²) in [5.41, 5.74) is 0.206. The first-order valence-electron chi connectivity index (χ1n) is 12.6. The van der Waals surface area contributed by atoms with Crippen LogP contribution < -0.4 is 0 Å². The van der Waals surface area contributed by atoms with E-state index in [1.165, 1.54) is 24.3 Å². The number of halogens is 1. The van der Waals surface area contributed by atoms with Crippen LogP contribution in [0.5, 0.6) is 0 Å². The molecule has 36 heavy (non-hydrogen) atoms. The van der Waals surface area contributed by atoms with Gasteiger partial charge in [0.15, 0.2) is 8.32 Å². The minimum atomic E-state index is -1.95. The Morgan fingerprint density at radius 3 is 2.25 bits per heavy atom. The van der Waals surface area contributed by atoms with E-state index in [9.17, 15) is 14.9 Å². The lowest BCUT2D eigenvalue weighted by Gasteiger charge is -2.39. The average molecular weight is 632 g/mol. The number of carbonyl (C=O) groups is 1. The van der Waals surface area contributed by atoms with E-state index in [1.54, 1.807) is 0 Å². The van der Waals surface area contributed by atoms with Gasteiger partial charge >= 0.3 is 5.97 Å². The summed E-state index contributed by atoms with van der Waals surface area (Å²) >= 11 is 2.16. The van der Waals surface area contributed by atoms with Crippen molar-refractivity contribution in [1.29, 1.82) is 0 Å². The molecule has 10 heteroatoms. The number of hydrogen-bond donors (Lipinski definition) is 0. The van der Waals surface area contributed by atoms with E-state index in [0.717, 1.165) is 12.8 Å². The predicted octanol–water partition coefficient (Wildman–Crippen LogP) is 6.57. The summed E-state index contributed by atoms with van der Waals surface area (Å²) in [6.07, 6.45) is 3.76. The molecule has 2 aliphatic heterocycles. The van der Waals surface area contributed by atoms with Crippen molar-refractivity contribution in [3.8, 4) is 0 Å². The number of nitrogens with zero attached hydrogens (tertiary/aromatic N) is 1. The second-order valence-corrected chi connectivity index (χ2v) is 16.5. The lowest BCUT2D eigenvalue weighted by Crippen LogP contribution is -2.45. The monoisotopic (exact) mass is 631 g/mol. The number of ether oxygens (including phenoxy) is 3. The molecule has 0 aromatic heterocycles. The number of hydrogen-bond acceptors (Lipinski definition) is 7. The molecule has 6 atom stereocenters. The number of esters is 1. The first kappa shape index (κ1) is 29.2. The molecular weight excluding hydrogens is 593 g/mol. The zero-order valence-electron chi connectivity index (χ0n) is 21.9. The van der Waals surface area contributed by atoms with E-state index in [4.69, 9.17) is 18.6 Å². The van der Waals surface area contributed by atoms with Gasteiger partial charge in [0, 0.05) is 25.0 Å². The highest BCUT2D eigenvalue weighted by Crippen LogP contribution is 2.42. The van der Waals surface area contributed by atoms with Crippen LogP contribution in [0.25, 0.3) is 0 Å². The van der Waals surface area contributed by atoms with Crippen molar-refractivity contribution >= 4 is 42.6 Å². The molecule has 0 saturated carbocycles. The van der Waals surface area contributed by atoms with Crippen LogP contribution in [0.3, 0.4) is 0 Å². The summed E-state index contributed by atoms with van der Waals surface area (Å²) in [6.45, 7) is 13.4. The minimum Gasteiger partial charge on any atom is -0.456 e. The molecule has 0 spiro atoms. The normalized spacial score (nSPS) is 29.1. The van der Waals surface area contributed by atoms with Crippen molar-refractivity contribution < 1.29 is 28.4 Å². The molecule has 8 nitrogen and oxygen atoms in total. The average Bonchev–Trinajstić information content (AvgIpc) is 3.40. The van der Waals surface area contributed by atoms with Crippen molar-refractivity contribution in [2.75, 3.05) is 0 Å². The molecule has 1 aromatic rings. The second-order valence-electron chi connectivity index (χ2n) is 11.1. The van der Waals surface area contributed by atoms with Crippen molar-refractivity contribution in [3.05, 3.63) is 50.1 Å². The molecule has 2 fully saturated rings. The third-order valence-electron chi connectivity index (χ3n) is 7.56. The van der Waals surface area contributed by atoms with E-state index >= 15 is 0 Å². The smallest absolute Gasteiger partial charge is 0.338 e. The van der Waals surface area contributed by atoms with Crippen LogP contribution in [0.2, 0.25) is 18.1 Å². The van der Waals surface area contributed by atoms with Gasteiger partial charge in [-0.2, -0.15) is 0 Å². The fourth-order valence-electron chi connectivity index (χ4n) is 4.46. The van der Waals surface area contributed by atoms with Crippen LogP contribution in [0.4, 0.5) is 5.69 Å². The molecule has 200 valence electrons. The standard InChI is InChI=1S/C26H38INO7Si/c1-7-19-24(35-36(5,6)26(2,3)4)16-23(32-19)22-15-21(20(33-22)9-8-14-27)34-25(29)17-10-12-18(13-11-17)28(30)31/h8,10-14,19-24H,7,9,15-16H2,1-6H3/b14-8-/t19-,20+,21-,22+,23-,24-/m1/s1. The maximum Gasteiger partial charge on any atom is 0.338 e. The number of benzene rings is 1. The molecule has 3 rings (SSSR count). The first-order valence-corrected chi connectivity index (χ1v) is 16.7. The largest absolute Gasteiger partial charge is 0.456 e. The van der Waals surface area contributed by atoms with Gasteiger partial charge in [-0.15, -0.1) is 0 Å². The number of carbonyl (C=O) groups excluding carboxylic acids is 1. The van der Waals surface area contributed by atoms with Crippen molar-refractivity contribution in [3.63, 3.8) is 0 Å². The summed E-state index contributed by atoms with van der Waals surface area (Å²) < 4.78 is 27.3. The molecular formula is C26H38INO7Si. The van der Waals surface area contributed by atoms with Crippen molar-refractivity contribution in [1.82, 2.24) is 0 Å². The zero-order chi connectivity index (χ0) is 26.7. The summed E-state index contributed by atoms with van der Waals surface area (Å²) in [4.78, 5) is 23.2. The number of rotatable bonds is 9. The van der Waals surface area contributed by atoms with Crippen LogP contribution >= 0.6 is 22.6 Å². The lowest BCUT2D eigenvalue weighted by atomic mass is 10.0. The summed E-state index contributed by atoms with van der Waals surface area (Å²) in [5, 5.41) is 11.0. The van der Waals surface area contributed by atoms with Gasteiger partial charge in [-0.1, -0.05) is 56.4 Å². The molecule has 0 radical (unpaired) electrons. The summed E-state index contributed by atoms with van der Waals surface area (Å²) in [5.74, 6) is -0.513. The molecule has 2 heterocycles. The Bertz CT molecular complexity index is 947. The van der Waals surface area contributed by atoms with Gasteiger partial charge in [0.05, 0.1) is 41.0 Å². The fourth-order valence-corrected chi connectivity index (χ4v) is 6.11. The SMILES string of the molecule is CC[C@H]1O[C@@H]([C@@H]2C[C@@H](OC(=O)c3ccc([N+](=O)[O-])cc3)[C@H](C/C=C\I)O2)C[C@H]1O[Si](C)(C)C(C)(C)C. The van der Waals surface area contributed by atoms with Crippen LogP contribution in [0.1, 0.15) is 63.7 Å². The van der Waals surface area contributed by atoms with E-state index < -0.39 is 25.3 Å². The highest BCUT2D eigenvalue weighted by Gasteiger charge is 2.49. The van der Waals surface area contributed by atoms with Gasteiger partial charge in [0.2, 0.25) is 0 Å².